The van der Waals surface area contributed by atoms with Gasteiger partial charge in [-0.3, -0.25) is 4.79 Å². The van der Waals surface area contributed by atoms with Gasteiger partial charge < -0.3 is 16.0 Å². The van der Waals surface area contributed by atoms with Crippen LogP contribution in [0.1, 0.15) is 22.0 Å². The number of nitrogens with two attached hydrogens (primary N) is 1. The van der Waals surface area contributed by atoms with Crippen LogP contribution in [0.15, 0.2) is 54.6 Å². The van der Waals surface area contributed by atoms with Gasteiger partial charge in [-0.05, 0) is 31.8 Å². The molecule has 0 aromatic heterocycles. The van der Waals surface area contributed by atoms with Gasteiger partial charge in [-0.25, -0.2) is 0 Å². The molecule has 0 aliphatic rings. The lowest BCUT2D eigenvalue weighted by molar-refractivity contribution is 0.0931. The molecule has 0 radical (unpaired) electrons. The highest BCUT2D eigenvalue weighted by atomic mass is 16.1. The number of amides is 1. The molecule has 3 N–H and O–H groups in total. The Hall–Kier alpha value is -2.33. The average Bonchev–Trinajstić information content (AvgIpc) is 2.47. The molecule has 1 amide bonds. The van der Waals surface area contributed by atoms with Gasteiger partial charge in [-0.2, -0.15) is 0 Å². The zero-order valence-corrected chi connectivity index (χ0v) is 12.4. The van der Waals surface area contributed by atoms with E-state index in [0.29, 0.717) is 11.3 Å². The van der Waals surface area contributed by atoms with Gasteiger partial charge in [0.05, 0.1) is 11.6 Å². The zero-order valence-electron chi connectivity index (χ0n) is 12.4. The van der Waals surface area contributed by atoms with Crippen molar-refractivity contribution in [2.24, 2.45) is 0 Å². The number of nitrogens with one attached hydrogen (secondary N) is 1. The fourth-order valence-corrected chi connectivity index (χ4v) is 2.22. The summed E-state index contributed by atoms with van der Waals surface area (Å²) in [6.07, 6.45) is 0. The maximum absolute atomic E-state index is 12.4. The average molecular weight is 283 g/mol. The molecule has 0 aliphatic carbocycles. The summed E-state index contributed by atoms with van der Waals surface area (Å²) >= 11 is 0. The Morgan fingerprint density at radius 2 is 1.71 bits per heavy atom. The first kappa shape index (κ1) is 15.1. The Morgan fingerprint density at radius 3 is 2.33 bits per heavy atom. The molecule has 0 spiro atoms. The van der Waals surface area contributed by atoms with Gasteiger partial charge in [0, 0.05) is 12.2 Å². The quantitative estimate of drug-likeness (QED) is 0.828. The largest absolute Gasteiger partial charge is 0.398 e. The van der Waals surface area contributed by atoms with Crippen molar-refractivity contribution < 1.29 is 4.79 Å². The maximum Gasteiger partial charge on any atom is 0.253 e. The van der Waals surface area contributed by atoms with Crippen molar-refractivity contribution in [3.8, 4) is 0 Å². The number of hydrogen-bond donors (Lipinski definition) is 2. The second-order valence-corrected chi connectivity index (χ2v) is 5.29. The molecule has 0 aliphatic heterocycles. The van der Waals surface area contributed by atoms with Gasteiger partial charge in [-0.1, -0.05) is 42.5 Å². The van der Waals surface area contributed by atoms with Crippen molar-refractivity contribution in [3.63, 3.8) is 0 Å². The molecule has 0 heterocycles. The third kappa shape index (κ3) is 4.07. The smallest absolute Gasteiger partial charge is 0.253 e. The number of anilines is 1. The van der Waals surface area contributed by atoms with Crippen LogP contribution in [0.2, 0.25) is 0 Å². The first-order valence-electron chi connectivity index (χ1n) is 6.93. The number of carbonyl (C=O) groups excluding carboxylic acids is 1. The van der Waals surface area contributed by atoms with E-state index in [4.69, 9.17) is 5.73 Å². The minimum Gasteiger partial charge on any atom is -0.398 e. The molecule has 0 saturated carbocycles. The highest BCUT2D eigenvalue weighted by Crippen LogP contribution is 2.16. The molecule has 21 heavy (non-hydrogen) atoms. The van der Waals surface area contributed by atoms with Crippen LogP contribution in [0.4, 0.5) is 5.69 Å². The van der Waals surface area contributed by atoms with Crippen LogP contribution in [0.25, 0.3) is 0 Å². The van der Waals surface area contributed by atoms with E-state index in [-0.39, 0.29) is 11.9 Å². The predicted octanol–water partition coefficient (Wildman–Crippen LogP) is 2.30. The molecule has 2 aromatic carbocycles. The number of nitrogen functional groups attached to an aromatic ring is 1. The molecule has 1 atom stereocenters. The molecule has 0 saturated heterocycles. The third-order valence-corrected chi connectivity index (χ3v) is 3.26. The second-order valence-electron chi connectivity index (χ2n) is 5.29. The van der Waals surface area contributed by atoms with Crippen molar-refractivity contribution in [2.45, 2.75) is 6.04 Å². The summed E-state index contributed by atoms with van der Waals surface area (Å²) in [7, 11) is 3.97. The molecule has 1 unspecified atom stereocenters. The molecular weight excluding hydrogens is 262 g/mol. The zero-order chi connectivity index (χ0) is 15.2. The number of para-hydroxylation sites is 1. The Labute approximate surface area is 125 Å². The lowest BCUT2D eigenvalue weighted by Gasteiger charge is -2.23. The summed E-state index contributed by atoms with van der Waals surface area (Å²) in [4.78, 5) is 14.5. The van der Waals surface area contributed by atoms with E-state index in [1.54, 1.807) is 12.1 Å². The summed E-state index contributed by atoms with van der Waals surface area (Å²) in [6, 6.07) is 17.0. The summed E-state index contributed by atoms with van der Waals surface area (Å²) in [6.45, 7) is 0.725. The van der Waals surface area contributed by atoms with Crippen LogP contribution < -0.4 is 11.1 Å². The highest BCUT2D eigenvalue weighted by Gasteiger charge is 2.17. The third-order valence-electron chi connectivity index (χ3n) is 3.26. The number of hydrogen-bond acceptors (Lipinski definition) is 3. The molecule has 2 rings (SSSR count). The van der Waals surface area contributed by atoms with Crippen molar-refractivity contribution >= 4 is 11.6 Å². The Morgan fingerprint density at radius 1 is 1.10 bits per heavy atom. The Kier molecular flexibility index (Phi) is 4.95. The van der Waals surface area contributed by atoms with Crippen LogP contribution in [-0.2, 0) is 0 Å². The van der Waals surface area contributed by atoms with E-state index in [2.05, 4.69) is 5.32 Å². The van der Waals surface area contributed by atoms with E-state index < -0.39 is 0 Å². The first-order chi connectivity index (χ1) is 10.1. The lowest BCUT2D eigenvalue weighted by atomic mass is 10.1. The maximum atomic E-state index is 12.4. The standard InChI is InChI=1S/C17H21N3O/c1-20(2)12-16(13-8-4-3-5-9-13)19-17(21)14-10-6-7-11-15(14)18/h3-11,16H,12,18H2,1-2H3,(H,19,21). The lowest BCUT2D eigenvalue weighted by Crippen LogP contribution is -2.35. The monoisotopic (exact) mass is 283 g/mol. The van der Waals surface area contributed by atoms with Gasteiger partial charge in [0.15, 0.2) is 0 Å². The summed E-state index contributed by atoms with van der Waals surface area (Å²) in [5, 5.41) is 3.06. The van der Waals surface area contributed by atoms with E-state index in [9.17, 15) is 4.79 Å². The van der Waals surface area contributed by atoms with E-state index in [0.717, 1.165) is 12.1 Å². The van der Waals surface area contributed by atoms with Crippen LogP contribution in [0.3, 0.4) is 0 Å². The molecule has 110 valence electrons. The number of rotatable bonds is 5. The second kappa shape index (κ2) is 6.90. The summed E-state index contributed by atoms with van der Waals surface area (Å²) in [5.74, 6) is -0.149. The minimum atomic E-state index is -0.149. The van der Waals surface area contributed by atoms with Gasteiger partial charge in [0.1, 0.15) is 0 Å². The number of nitrogens with zero attached hydrogens (tertiary/aromatic N) is 1. The molecule has 2 aromatic rings. The van der Waals surface area contributed by atoms with Gasteiger partial charge in [-0.15, -0.1) is 0 Å². The first-order valence-corrected chi connectivity index (χ1v) is 6.93. The molecule has 0 bridgehead atoms. The number of benzene rings is 2. The molecular formula is C17H21N3O. The fourth-order valence-electron chi connectivity index (χ4n) is 2.22. The van der Waals surface area contributed by atoms with Crippen LogP contribution in [0.5, 0.6) is 0 Å². The van der Waals surface area contributed by atoms with Gasteiger partial charge in [0.25, 0.3) is 5.91 Å². The fraction of sp³-hybridized carbons (Fsp3) is 0.235. The SMILES string of the molecule is CN(C)CC(NC(=O)c1ccccc1N)c1ccccc1. The van der Waals surface area contributed by atoms with Crippen LogP contribution >= 0.6 is 0 Å². The Bertz CT molecular complexity index is 596. The van der Waals surface area contributed by atoms with E-state index in [1.807, 2.05) is 61.5 Å². The molecule has 4 heteroatoms. The summed E-state index contributed by atoms with van der Waals surface area (Å²) < 4.78 is 0. The number of likely N-dealkylation sites (N-methyl/N-ethyl adjacent to an activating group) is 1. The topological polar surface area (TPSA) is 58.4 Å². The van der Waals surface area contributed by atoms with Crippen LogP contribution in [-0.4, -0.2) is 31.4 Å². The Balaban J connectivity index is 2.19. The van der Waals surface area contributed by atoms with E-state index >= 15 is 0 Å². The predicted molar refractivity (Wildman–Crippen MR) is 86.1 cm³/mol. The van der Waals surface area contributed by atoms with Crippen molar-refractivity contribution in [1.29, 1.82) is 0 Å². The van der Waals surface area contributed by atoms with Crippen molar-refractivity contribution in [3.05, 3.63) is 65.7 Å². The molecule has 4 nitrogen and oxygen atoms in total. The van der Waals surface area contributed by atoms with Crippen molar-refractivity contribution in [2.75, 3.05) is 26.4 Å². The number of carbonyl (C=O) groups is 1. The van der Waals surface area contributed by atoms with Gasteiger partial charge in [0.2, 0.25) is 0 Å². The van der Waals surface area contributed by atoms with Crippen molar-refractivity contribution in [1.82, 2.24) is 10.2 Å². The van der Waals surface area contributed by atoms with Gasteiger partial charge >= 0.3 is 0 Å². The normalized spacial score (nSPS) is 12.1. The minimum absolute atomic E-state index is 0.0756. The van der Waals surface area contributed by atoms with Crippen LogP contribution in [0, 0.1) is 0 Å². The summed E-state index contributed by atoms with van der Waals surface area (Å²) in [5.41, 5.74) is 7.95. The molecule has 0 fully saturated rings. The van der Waals surface area contributed by atoms with E-state index in [1.165, 1.54) is 0 Å². The highest BCUT2D eigenvalue weighted by molar-refractivity contribution is 5.99.